The van der Waals surface area contributed by atoms with Crippen molar-refractivity contribution in [1.29, 1.82) is 0 Å². The molecule has 2 fully saturated rings. The minimum Gasteiger partial charge on any atom is -0.436 e. The van der Waals surface area contributed by atoms with Crippen molar-refractivity contribution in [2.24, 2.45) is 5.41 Å². The van der Waals surface area contributed by atoms with Gasteiger partial charge in [0.05, 0.1) is 5.60 Å². The standard InChI is InChI=1S/C23H26O8/c1-13(25)28-16-8-17-18(20(9-16)29-14(2)26)10-23-7-5-4-6-22(23,19(17)12-24)11-21(31-23)30-15(3)27/h8-9,12,19,21H,4-7,10-11H2,1-3H3/t19-,21-,22-,23+/m1/s1. The molecule has 4 atom stereocenters. The number of fused-ring (bicyclic) bond motifs is 1. The monoisotopic (exact) mass is 430 g/mol. The van der Waals surface area contributed by atoms with E-state index in [-0.39, 0.29) is 11.5 Å². The van der Waals surface area contributed by atoms with Crippen molar-refractivity contribution in [2.45, 2.75) is 77.1 Å². The first-order valence-electron chi connectivity index (χ1n) is 10.5. The first-order chi connectivity index (χ1) is 14.7. The maximum absolute atomic E-state index is 12.5. The maximum atomic E-state index is 12.5. The van der Waals surface area contributed by atoms with Gasteiger partial charge in [-0.3, -0.25) is 14.4 Å². The minimum atomic E-state index is -0.738. The Morgan fingerprint density at radius 2 is 1.74 bits per heavy atom. The summed E-state index contributed by atoms with van der Waals surface area (Å²) in [5, 5.41) is 0. The Bertz CT molecular complexity index is 953. The van der Waals surface area contributed by atoms with Gasteiger partial charge >= 0.3 is 17.9 Å². The summed E-state index contributed by atoms with van der Waals surface area (Å²) in [6.45, 7) is 3.90. The third-order valence-corrected chi connectivity index (χ3v) is 6.81. The Kier molecular flexibility index (Phi) is 5.37. The van der Waals surface area contributed by atoms with Crippen molar-refractivity contribution < 1.29 is 38.1 Å². The van der Waals surface area contributed by atoms with Crippen LogP contribution in [0, 0.1) is 5.41 Å². The highest BCUT2D eigenvalue weighted by Crippen LogP contribution is 2.66. The van der Waals surface area contributed by atoms with Crippen LogP contribution in [0.2, 0.25) is 0 Å². The Hall–Kier alpha value is -2.74. The van der Waals surface area contributed by atoms with E-state index in [0.29, 0.717) is 30.4 Å². The van der Waals surface area contributed by atoms with E-state index in [0.717, 1.165) is 25.5 Å². The lowest BCUT2D eigenvalue weighted by Gasteiger charge is -2.54. The molecule has 1 saturated heterocycles. The summed E-state index contributed by atoms with van der Waals surface area (Å²) in [7, 11) is 0. The van der Waals surface area contributed by atoms with Gasteiger partial charge in [-0.05, 0) is 24.5 Å². The summed E-state index contributed by atoms with van der Waals surface area (Å²) < 4.78 is 22.5. The molecule has 166 valence electrons. The Labute approximate surface area is 180 Å². The molecule has 0 spiro atoms. The fourth-order valence-electron chi connectivity index (χ4n) is 5.87. The van der Waals surface area contributed by atoms with E-state index in [9.17, 15) is 19.2 Å². The number of hydrogen-bond acceptors (Lipinski definition) is 8. The van der Waals surface area contributed by atoms with Crippen LogP contribution in [0.15, 0.2) is 12.1 Å². The zero-order valence-corrected chi connectivity index (χ0v) is 17.9. The fourth-order valence-corrected chi connectivity index (χ4v) is 5.87. The molecule has 1 aliphatic heterocycles. The average Bonchev–Trinajstić information content (AvgIpc) is 2.98. The van der Waals surface area contributed by atoms with Crippen LogP contribution in [0.5, 0.6) is 11.5 Å². The summed E-state index contributed by atoms with van der Waals surface area (Å²) in [5.41, 5.74) is 0.0864. The van der Waals surface area contributed by atoms with Gasteiger partial charge in [-0.25, -0.2) is 0 Å². The number of esters is 3. The number of aldehydes is 1. The fraction of sp³-hybridized carbons (Fsp3) is 0.565. The van der Waals surface area contributed by atoms with Crippen molar-refractivity contribution in [1.82, 2.24) is 0 Å². The molecule has 31 heavy (non-hydrogen) atoms. The van der Waals surface area contributed by atoms with Crippen molar-refractivity contribution in [3.05, 3.63) is 23.3 Å². The van der Waals surface area contributed by atoms with E-state index in [1.807, 2.05) is 0 Å². The summed E-state index contributed by atoms with van der Waals surface area (Å²) >= 11 is 0. The van der Waals surface area contributed by atoms with Crippen molar-refractivity contribution in [3.8, 4) is 11.5 Å². The van der Waals surface area contributed by atoms with Gasteiger partial charge in [0.2, 0.25) is 6.29 Å². The minimum absolute atomic E-state index is 0.213. The predicted octanol–water partition coefficient (Wildman–Crippen LogP) is 2.98. The lowest BCUT2D eigenvalue weighted by atomic mass is 9.51. The van der Waals surface area contributed by atoms with Gasteiger partial charge in [-0.2, -0.15) is 0 Å². The van der Waals surface area contributed by atoms with Crippen molar-refractivity contribution in [2.75, 3.05) is 0 Å². The van der Waals surface area contributed by atoms with Crippen LogP contribution in [-0.2, 0) is 35.1 Å². The molecule has 0 bridgehead atoms. The van der Waals surface area contributed by atoms with Crippen LogP contribution in [0.4, 0.5) is 0 Å². The van der Waals surface area contributed by atoms with Gasteiger partial charge in [0.15, 0.2) is 0 Å². The lowest BCUT2D eigenvalue weighted by molar-refractivity contribution is -0.198. The number of carbonyl (C=O) groups is 4. The predicted molar refractivity (Wildman–Crippen MR) is 106 cm³/mol. The third kappa shape index (κ3) is 3.52. The van der Waals surface area contributed by atoms with Crippen LogP contribution in [0.3, 0.4) is 0 Å². The van der Waals surface area contributed by atoms with Crippen LogP contribution >= 0.6 is 0 Å². The van der Waals surface area contributed by atoms with Crippen LogP contribution in [0.1, 0.15) is 69.9 Å². The summed E-state index contributed by atoms with van der Waals surface area (Å²) in [4.78, 5) is 47.5. The lowest BCUT2D eigenvalue weighted by Crippen LogP contribution is -2.55. The molecule has 2 aliphatic carbocycles. The van der Waals surface area contributed by atoms with Gasteiger partial charge in [0.1, 0.15) is 17.8 Å². The largest absolute Gasteiger partial charge is 0.436 e. The molecular weight excluding hydrogens is 404 g/mol. The van der Waals surface area contributed by atoms with Crippen molar-refractivity contribution >= 4 is 24.2 Å². The maximum Gasteiger partial charge on any atom is 0.308 e. The quantitative estimate of drug-likeness (QED) is 0.408. The zero-order valence-electron chi connectivity index (χ0n) is 17.9. The van der Waals surface area contributed by atoms with Crippen molar-refractivity contribution in [3.63, 3.8) is 0 Å². The molecule has 3 aliphatic rings. The van der Waals surface area contributed by atoms with E-state index in [1.54, 1.807) is 6.07 Å². The molecular formula is C23H26O8. The van der Waals surface area contributed by atoms with E-state index in [1.165, 1.54) is 26.8 Å². The first-order valence-corrected chi connectivity index (χ1v) is 10.5. The van der Waals surface area contributed by atoms with Crippen LogP contribution in [-0.4, -0.2) is 36.1 Å². The van der Waals surface area contributed by atoms with Crippen LogP contribution < -0.4 is 9.47 Å². The second-order valence-corrected chi connectivity index (χ2v) is 8.69. The summed E-state index contributed by atoms with van der Waals surface area (Å²) in [5.74, 6) is -1.59. The van der Waals surface area contributed by atoms with Gasteiger partial charge in [0, 0.05) is 56.6 Å². The van der Waals surface area contributed by atoms with Gasteiger partial charge < -0.3 is 23.7 Å². The molecule has 1 saturated carbocycles. The van der Waals surface area contributed by atoms with E-state index >= 15 is 0 Å². The molecule has 1 heterocycles. The average molecular weight is 430 g/mol. The van der Waals surface area contributed by atoms with E-state index in [2.05, 4.69) is 0 Å². The molecule has 0 aromatic heterocycles. The Morgan fingerprint density at radius 1 is 1.03 bits per heavy atom. The van der Waals surface area contributed by atoms with Gasteiger partial charge in [-0.1, -0.05) is 12.8 Å². The van der Waals surface area contributed by atoms with Crippen LogP contribution in [0.25, 0.3) is 0 Å². The molecule has 1 aromatic rings. The third-order valence-electron chi connectivity index (χ3n) is 6.81. The molecule has 1 aromatic carbocycles. The number of benzene rings is 1. The molecule has 4 rings (SSSR count). The molecule has 0 unspecified atom stereocenters. The normalized spacial score (nSPS) is 30.9. The second kappa shape index (κ2) is 7.75. The Morgan fingerprint density at radius 3 is 2.39 bits per heavy atom. The first kappa shape index (κ1) is 21.5. The van der Waals surface area contributed by atoms with Gasteiger partial charge in [-0.15, -0.1) is 0 Å². The highest BCUT2D eigenvalue weighted by Gasteiger charge is 2.67. The smallest absolute Gasteiger partial charge is 0.308 e. The molecule has 0 radical (unpaired) electrons. The number of hydrogen-bond donors (Lipinski definition) is 0. The van der Waals surface area contributed by atoms with E-state index < -0.39 is 41.1 Å². The summed E-state index contributed by atoms with van der Waals surface area (Å²) in [6, 6.07) is 3.17. The summed E-state index contributed by atoms with van der Waals surface area (Å²) in [6.07, 6.45) is 4.28. The zero-order chi connectivity index (χ0) is 22.4. The Balaban J connectivity index is 1.88. The molecule has 0 N–H and O–H groups in total. The number of rotatable bonds is 4. The molecule has 8 heteroatoms. The SMILES string of the molecule is CC(=O)Oc1cc(OC(C)=O)c2c(c1)[C@@H](C=O)[C@]13CCCC[C@@]1(C2)O[C@@H](OC(C)=O)C3. The number of ether oxygens (including phenoxy) is 4. The van der Waals surface area contributed by atoms with E-state index in [4.69, 9.17) is 18.9 Å². The number of carbonyl (C=O) groups excluding carboxylic acids is 4. The highest BCUT2D eigenvalue weighted by atomic mass is 16.7. The molecule has 8 nitrogen and oxygen atoms in total. The molecule has 0 amide bonds. The van der Waals surface area contributed by atoms with Gasteiger partial charge in [0.25, 0.3) is 0 Å². The second-order valence-electron chi connectivity index (χ2n) is 8.69. The topological polar surface area (TPSA) is 105 Å². The highest BCUT2D eigenvalue weighted by molar-refractivity contribution is 5.75.